The quantitative estimate of drug-likeness (QED) is 0.209. The highest BCUT2D eigenvalue weighted by Crippen LogP contribution is 2.18. The van der Waals surface area contributed by atoms with Crippen LogP contribution in [0.2, 0.25) is 0 Å². The number of rotatable bonds is 19. The average molecular weight is 379 g/mol. The Morgan fingerprint density at radius 1 is 0.481 bits per heavy atom. The highest BCUT2D eigenvalue weighted by atomic mass is 15.4. The molecule has 0 saturated carbocycles. The maximum Gasteiger partial charge on any atom is 0.0977 e. The van der Waals surface area contributed by atoms with Crippen LogP contribution in [0.15, 0.2) is 12.4 Å². The van der Waals surface area contributed by atoms with E-state index >= 15 is 0 Å². The van der Waals surface area contributed by atoms with Gasteiger partial charge in [-0.15, -0.1) is 0 Å². The summed E-state index contributed by atoms with van der Waals surface area (Å²) in [6, 6.07) is 0. The standard InChI is InChI=1S/C25H50N2/c1-4-6-8-10-12-14-16-18-20-22-27-24-23-26(25(27)3)21-19-17-15-13-11-9-7-5-2/h23-25H,4-22H2,1-3H3. The Bertz CT molecular complexity index is 339. The van der Waals surface area contributed by atoms with E-state index in [0.29, 0.717) is 6.17 Å². The topological polar surface area (TPSA) is 6.48 Å². The Balaban J connectivity index is 1.93. The van der Waals surface area contributed by atoms with Gasteiger partial charge in [-0.25, -0.2) is 0 Å². The van der Waals surface area contributed by atoms with Crippen molar-refractivity contribution in [2.75, 3.05) is 13.1 Å². The van der Waals surface area contributed by atoms with Crippen molar-refractivity contribution >= 4 is 0 Å². The molecule has 2 nitrogen and oxygen atoms in total. The molecule has 0 bridgehead atoms. The van der Waals surface area contributed by atoms with Gasteiger partial charge in [-0.1, -0.05) is 110 Å². The Morgan fingerprint density at radius 2 is 0.778 bits per heavy atom. The summed E-state index contributed by atoms with van der Waals surface area (Å²) >= 11 is 0. The molecule has 0 amide bonds. The molecule has 0 aromatic heterocycles. The summed E-state index contributed by atoms with van der Waals surface area (Å²) in [4.78, 5) is 5.09. The Morgan fingerprint density at radius 3 is 1.11 bits per heavy atom. The fraction of sp³-hybridized carbons (Fsp3) is 0.920. The lowest BCUT2D eigenvalue weighted by molar-refractivity contribution is 0.165. The maximum absolute atomic E-state index is 2.55. The monoisotopic (exact) mass is 378 g/mol. The first-order valence-electron chi connectivity index (χ1n) is 12.5. The van der Waals surface area contributed by atoms with Crippen molar-refractivity contribution in [3.8, 4) is 0 Å². The predicted octanol–water partition coefficient (Wildman–Crippen LogP) is 8.09. The second kappa shape index (κ2) is 17.4. The lowest BCUT2D eigenvalue weighted by Crippen LogP contribution is -2.36. The normalized spacial score (nSPS) is 16.6. The largest absolute Gasteiger partial charge is 0.356 e. The minimum atomic E-state index is 0.573. The molecule has 1 unspecified atom stereocenters. The predicted molar refractivity (Wildman–Crippen MR) is 122 cm³/mol. The van der Waals surface area contributed by atoms with E-state index in [9.17, 15) is 0 Å². The van der Waals surface area contributed by atoms with E-state index in [2.05, 4.69) is 43.0 Å². The molecule has 0 aromatic rings. The molecule has 160 valence electrons. The van der Waals surface area contributed by atoms with Gasteiger partial charge in [-0.05, 0) is 19.8 Å². The molecule has 0 aliphatic carbocycles. The van der Waals surface area contributed by atoms with Gasteiger partial charge in [0.05, 0.1) is 6.17 Å². The van der Waals surface area contributed by atoms with Crippen molar-refractivity contribution in [2.24, 2.45) is 0 Å². The summed E-state index contributed by atoms with van der Waals surface area (Å²) in [5.74, 6) is 0. The summed E-state index contributed by atoms with van der Waals surface area (Å²) in [6.07, 6.45) is 29.3. The van der Waals surface area contributed by atoms with Crippen LogP contribution in [0.1, 0.15) is 130 Å². The molecule has 0 N–H and O–H groups in total. The van der Waals surface area contributed by atoms with Crippen LogP contribution in [-0.2, 0) is 0 Å². The maximum atomic E-state index is 2.55. The molecule has 1 aliphatic heterocycles. The van der Waals surface area contributed by atoms with E-state index in [4.69, 9.17) is 0 Å². The van der Waals surface area contributed by atoms with Crippen LogP contribution in [0.25, 0.3) is 0 Å². The summed E-state index contributed by atoms with van der Waals surface area (Å²) in [6.45, 7) is 9.44. The highest BCUT2D eigenvalue weighted by Gasteiger charge is 2.20. The van der Waals surface area contributed by atoms with Crippen LogP contribution in [0, 0.1) is 0 Å². The Hall–Kier alpha value is -0.660. The van der Waals surface area contributed by atoms with Gasteiger partial charge >= 0.3 is 0 Å². The third kappa shape index (κ3) is 12.4. The fourth-order valence-electron chi connectivity index (χ4n) is 4.17. The lowest BCUT2D eigenvalue weighted by atomic mass is 10.1. The van der Waals surface area contributed by atoms with Crippen molar-refractivity contribution in [2.45, 2.75) is 136 Å². The SMILES string of the molecule is CCCCCCCCCCCN1C=CN(CCCCCCCCCC)C1C. The van der Waals surface area contributed by atoms with E-state index in [1.54, 1.807) is 0 Å². The van der Waals surface area contributed by atoms with E-state index in [-0.39, 0.29) is 0 Å². The van der Waals surface area contributed by atoms with Gasteiger partial charge in [0.2, 0.25) is 0 Å². The molecule has 27 heavy (non-hydrogen) atoms. The van der Waals surface area contributed by atoms with Gasteiger partial charge in [0, 0.05) is 25.5 Å². The van der Waals surface area contributed by atoms with Crippen molar-refractivity contribution in [3.63, 3.8) is 0 Å². The van der Waals surface area contributed by atoms with Gasteiger partial charge in [0.25, 0.3) is 0 Å². The van der Waals surface area contributed by atoms with Crippen LogP contribution in [0.3, 0.4) is 0 Å². The van der Waals surface area contributed by atoms with E-state index in [1.165, 1.54) is 122 Å². The molecule has 0 aromatic carbocycles. The van der Waals surface area contributed by atoms with Crippen molar-refractivity contribution in [1.82, 2.24) is 9.80 Å². The third-order valence-corrected chi connectivity index (χ3v) is 6.20. The molecule has 0 fully saturated rings. The number of hydrogen-bond donors (Lipinski definition) is 0. The van der Waals surface area contributed by atoms with E-state index in [0.717, 1.165) is 0 Å². The smallest absolute Gasteiger partial charge is 0.0977 e. The van der Waals surface area contributed by atoms with Crippen molar-refractivity contribution in [1.29, 1.82) is 0 Å². The van der Waals surface area contributed by atoms with Crippen molar-refractivity contribution in [3.05, 3.63) is 12.4 Å². The van der Waals surface area contributed by atoms with Gasteiger partial charge in [0.15, 0.2) is 0 Å². The van der Waals surface area contributed by atoms with Gasteiger partial charge < -0.3 is 9.80 Å². The van der Waals surface area contributed by atoms with E-state index in [1.807, 2.05) is 0 Å². The average Bonchev–Trinajstić information content (AvgIpc) is 3.02. The molecule has 1 atom stereocenters. The molecule has 0 spiro atoms. The first kappa shape index (κ1) is 24.4. The first-order chi connectivity index (χ1) is 13.3. The van der Waals surface area contributed by atoms with Gasteiger partial charge in [0.1, 0.15) is 0 Å². The van der Waals surface area contributed by atoms with Crippen LogP contribution in [0.4, 0.5) is 0 Å². The number of unbranched alkanes of at least 4 members (excludes halogenated alkanes) is 15. The minimum absolute atomic E-state index is 0.573. The second-order valence-corrected chi connectivity index (χ2v) is 8.71. The van der Waals surface area contributed by atoms with Crippen LogP contribution in [-0.4, -0.2) is 29.1 Å². The third-order valence-electron chi connectivity index (χ3n) is 6.20. The second-order valence-electron chi connectivity index (χ2n) is 8.71. The number of nitrogens with zero attached hydrogens (tertiary/aromatic N) is 2. The molecular formula is C25H50N2. The molecule has 0 saturated heterocycles. The Labute approximate surface area is 171 Å². The summed E-state index contributed by atoms with van der Waals surface area (Å²) in [5.41, 5.74) is 0. The van der Waals surface area contributed by atoms with Crippen molar-refractivity contribution < 1.29 is 0 Å². The lowest BCUT2D eigenvalue weighted by Gasteiger charge is -2.30. The molecule has 0 radical (unpaired) electrons. The molecule has 1 aliphatic rings. The van der Waals surface area contributed by atoms with Crippen LogP contribution < -0.4 is 0 Å². The summed E-state index contributed by atoms with van der Waals surface area (Å²) < 4.78 is 0. The zero-order valence-electron chi connectivity index (χ0n) is 19.1. The molecule has 1 heterocycles. The number of hydrogen-bond acceptors (Lipinski definition) is 2. The summed E-state index contributed by atoms with van der Waals surface area (Å²) in [5, 5.41) is 0. The van der Waals surface area contributed by atoms with Gasteiger partial charge in [-0.3, -0.25) is 0 Å². The highest BCUT2D eigenvalue weighted by molar-refractivity contribution is 4.95. The van der Waals surface area contributed by atoms with Gasteiger partial charge in [-0.2, -0.15) is 0 Å². The Kier molecular flexibility index (Phi) is 15.7. The molecule has 1 rings (SSSR count). The first-order valence-corrected chi connectivity index (χ1v) is 12.5. The van der Waals surface area contributed by atoms with E-state index < -0.39 is 0 Å². The molecular weight excluding hydrogens is 328 g/mol. The van der Waals surface area contributed by atoms with Crippen LogP contribution in [0.5, 0.6) is 0 Å². The zero-order chi connectivity index (χ0) is 19.6. The minimum Gasteiger partial charge on any atom is -0.356 e. The zero-order valence-corrected chi connectivity index (χ0v) is 19.1. The molecule has 2 heteroatoms. The summed E-state index contributed by atoms with van der Waals surface area (Å²) in [7, 11) is 0. The fourth-order valence-corrected chi connectivity index (χ4v) is 4.17. The van der Waals surface area contributed by atoms with Crippen LogP contribution >= 0.6 is 0 Å².